The van der Waals surface area contributed by atoms with Gasteiger partial charge in [-0.15, -0.1) is 0 Å². The van der Waals surface area contributed by atoms with Gasteiger partial charge in [0, 0.05) is 23.6 Å². The van der Waals surface area contributed by atoms with Crippen LogP contribution in [-0.2, 0) is 6.42 Å². The Morgan fingerprint density at radius 1 is 1.03 bits per heavy atom. The van der Waals surface area contributed by atoms with E-state index in [1.165, 1.54) is 20.3 Å². The fraction of sp³-hybridized carbons (Fsp3) is 0.208. The van der Waals surface area contributed by atoms with Gasteiger partial charge in [0.25, 0.3) is 0 Å². The number of fused-ring (bicyclic) bond motifs is 1. The number of carbonyl (C=O) groups is 1. The number of phenols is 2. The lowest BCUT2D eigenvalue weighted by molar-refractivity contribution is 0.0844. The number of rotatable bonds is 5. The first kappa shape index (κ1) is 19.6. The second kappa shape index (κ2) is 7.99. The summed E-state index contributed by atoms with van der Waals surface area (Å²) in [4.78, 5) is 12.9. The summed E-state index contributed by atoms with van der Waals surface area (Å²) in [5, 5.41) is 21.2. The van der Waals surface area contributed by atoms with E-state index in [1.807, 2.05) is 30.3 Å². The van der Waals surface area contributed by atoms with Crippen LogP contribution in [0.1, 0.15) is 39.6 Å². The number of benzene rings is 3. The molecule has 1 atom stereocenters. The van der Waals surface area contributed by atoms with Crippen molar-refractivity contribution >= 4 is 5.78 Å². The molecule has 0 fully saturated rings. The Labute approximate surface area is 174 Å². The summed E-state index contributed by atoms with van der Waals surface area (Å²) in [6.45, 7) is 0. The van der Waals surface area contributed by atoms with Crippen LogP contribution in [0.25, 0.3) is 0 Å². The molecule has 1 aliphatic heterocycles. The van der Waals surface area contributed by atoms with Crippen molar-refractivity contribution in [3.63, 3.8) is 0 Å². The van der Waals surface area contributed by atoms with Crippen molar-refractivity contribution in [2.45, 2.75) is 18.9 Å². The van der Waals surface area contributed by atoms with Crippen molar-refractivity contribution < 1.29 is 29.2 Å². The van der Waals surface area contributed by atoms with Gasteiger partial charge in [0.15, 0.2) is 5.78 Å². The van der Waals surface area contributed by atoms with Crippen LogP contribution in [-0.4, -0.2) is 30.2 Å². The summed E-state index contributed by atoms with van der Waals surface area (Å²) < 4.78 is 16.7. The summed E-state index contributed by atoms with van der Waals surface area (Å²) in [5.74, 6) is 0.888. The topological polar surface area (TPSA) is 85.2 Å². The summed E-state index contributed by atoms with van der Waals surface area (Å²) in [6.07, 6.45) is -0.148. The third-order valence-corrected chi connectivity index (χ3v) is 5.29. The van der Waals surface area contributed by atoms with Crippen LogP contribution >= 0.6 is 0 Å². The lowest BCUT2D eigenvalue weighted by atomic mass is 9.92. The Hall–Kier alpha value is -3.67. The van der Waals surface area contributed by atoms with Gasteiger partial charge in [-0.25, -0.2) is 0 Å². The molecule has 1 aliphatic rings. The minimum atomic E-state index is -0.427. The largest absolute Gasteiger partial charge is 0.508 e. The molecule has 30 heavy (non-hydrogen) atoms. The van der Waals surface area contributed by atoms with E-state index in [1.54, 1.807) is 18.2 Å². The molecule has 0 saturated heterocycles. The molecule has 0 aliphatic carbocycles. The van der Waals surface area contributed by atoms with Gasteiger partial charge in [-0.2, -0.15) is 0 Å². The molecule has 0 spiro atoms. The van der Waals surface area contributed by atoms with Gasteiger partial charge in [0.05, 0.1) is 20.6 Å². The van der Waals surface area contributed by atoms with Gasteiger partial charge in [-0.1, -0.05) is 30.3 Å². The molecule has 1 heterocycles. The molecule has 1 unspecified atom stereocenters. The highest BCUT2D eigenvalue weighted by molar-refractivity contribution is 6.03. The maximum Gasteiger partial charge on any atom is 0.174 e. The quantitative estimate of drug-likeness (QED) is 0.653. The Bertz CT molecular complexity index is 1090. The molecule has 4 rings (SSSR count). The molecule has 0 saturated carbocycles. The van der Waals surface area contributed by atoms with E-state index in [2.05, 4.69) is 0 Å². The minimum absolute atomic E-state index is 0.0571. The summed E-state index contributed by atoms with van der Waals surface area (Å²) >= 11 is 0. The summed E-state index contributed by atoms with van der Waals surface area (Å²) in [5.41, 5.74) is 1.96. The first-order valence-corrected chi connectivity index (χ1v) is 9.55. The fourth-order valence-corrected chi connectivity index (χ4v) is 3.72. The smallest absolute Gasteiger partial charge is 0.174 e. The lowest BCUT2D eigenvalue weighted by Crippen LogP contribution is -2.21. The second-order valence-corrected chi connectivity index (χ2v) is 7.10. The standard InChI is InChI=1S/C24H22O6/c1-28-16-8-9-18(25)15(10-16)11-17-21(29-2)13-22-23(24(17)27)19(26)12-20(30-22)14-6-4-3-5-7-14/h3-10,13,20,25,27H,11-12H2,1-2H3. The van der Waals surface area contributed by atoms with E-state index in [0.29, 0.717) is 22.6 Å². The van der Waals surface area contributed by atoms with E-state index >= 15 is 0 Å². The highest BCUT2D eigenvalue weighted by Crippen LogP contribution is 2.46. The van der Waals surface area contributed by atoms with Gasteiger partial charge in [0.2, 0.25) is 0 Å². The minimum Gasteiger partial charge on any atom is -0.508 e. The Morgan fingerprint density at radius 2 is 1.80 bits per heavy atom. The van der Waals surface area contributed by atoms with E-state index < -0.39 is 6.10 Å². The number of hydrogen-bond acceptors (Lipinski definition) is 6. The molecule has 0 amide bonds. The molecular formula is C24H22O6. The average Bonchev–Trinajstić information content (AvgIpc) is 2.76. The van der Waals surface area contributed by atoms with E-state index in [-0.39, 0.29) is 41.4 Å². The number of carbonyl (C=O) groups excluding carboxylic acids is 1. The van der Waals surface area contributed by atoms with Gasteiger partial charge in [-0.3, -0.25) is 4.79 Å². The van der Waals surface area contributed by atoms with Crippen LogP contribution in [0.5, 0.6) is 28.7 Å². The fourth-order valence-electron chi connectivity index (χ4n) is 3.72. The number of phenolic OH excluding ortho intramolecular Hbond substituents is 2. The van der Waals surface area contributed by atoms with Gasteiger partial charge in [-0.05, 0) is 23.8 Å². The van der Waals surface area contributed by atoms with E-state index in [9.17, 15) is 15.0 Å². The molecule has 154 valence electrons. The van der Waals surface area contributed by atoms with Crippen LogP contribution < -0.4 is 14.2 Å². The van der Waals surface area contributed by atoms with Gasteiger partial charge < -0.3 is 24.4 Å². The number of hydrogen-bond donors (Lipinski definition) is 2. The molecule has 3 aromatic rings. The summed E-state index contributed by atoms with van der Waals surface area (Å²) in [6, 6.07) is 15.9. The number of ether oxygens (including phenoxy) is 3. The Morgan fingerprint density at radius 3 is 2.50 bits per heavy atom. The molecule has 0 bridgehead atoms. The second-order valence-electron chi connectivity index (χ2n) is 7.10. The highest BCUT2D eigenvalue weighted by Gasteiger charge is 2.33. The van der Waals surface area contributed by atoms with Gasteiger partial charge >= 0.3 is 0 Å². The summed E-state index contributed by atoms with van der Waals surface area (Å²) in [7, 11) is 3.02. The van der Waals surface area contributed by atoms with E-state index in [4.69, 9.17) is 14.2 Å². The van der Waals surface area contributed by atoms with Crippen molar-refractivity contribution in [2.75, 3.05) is 14.2 Å². The zero-order valence-corrected chi connectivity index (χ0v) is 16.7. The van der Waals surface area contributed by atoms with Crippen molar-refractivity contribution in [3.05, 3.63) is 76.9 Å². The number of ketones is 1. The van der Waals surface area contributed by atoms with Crippen molar-refractivity contribution in [1.29, 1.82) is 0 Å². The van der Waals surface area contributed by atoms with Crippen LogP contribution in [0.4, 0.5) is 0 Å². The molecule has 2 N–H and O–H groups in total. The zero-order valence-electron chi connectivity index (χ0n) is 16.7. The zero-order chi connectivity index (χ0) is 21.3. The maximum atomic E-state index is 12.9. The first-order chi connectivity index (χ1) is 14.5. The monoisotopic (exact) mass is 406 g/mol. The van der Waals surface area contributed by atoms with Crippen LogP contribution in [0.2, 0.25) is 0 Å². The van der Waals surface area contributed by atoms with Crippen LogP contribution in [0, 0.1) is 0 Å². The molecular weight excluding hydrogens is 384 g/mol. The normalized spacial score (nSPS) is 15.3. The van der Waals surface area contributed by atoms with Crippen LogP contribution in [0.15, 0.2) is 54.6 Å². The third-order valence-electron chi connectivity index (χ3n) is 5.29. The molecule has 6 heteroatoms. The first-order valence-electron chi connectivity index (χ1n) is 9.55. The molecule has 0 radical (unpaired) electrons. The van der Waals surface area contributed by atoms with Crippen molar-refractivity contribution in [1.82, 2.24) is 0 Å². The average molecular weight is 406 g/mol. The van der Waals surface area contributed by atoms with Gasteiger partial charge in [0.1, 0.15) is 40.4 Å². The van der Waals surface area contributed by atoms with Crippen LogP contribution in [0.3, 0.4) is 0 Å². The molecule has 6 nitrogen and oxygen atoms in total. The predicted molar refractivity (Wildman–Crippen MR) is 111 cm³/mol. The van der Waals surface area contributed by atoms with E-state index in [0.717, 1.165) is 5.56 Å². The predicted octanol–water partition coefficient (Wildman–Crippen LogP) is 4.41. The number of aromatic hydroxyl groups is 2. The maximum absolute atomic E-state index is 12.9. The molecule has 3 aromatic carbocycles. The van der Waals surface area contributed by atoms with Crippen molar-refractivity contribution in [3.8, 4) is 28.7 Å². The molecule has 0 aromatic heterocycles. The number of methoxy groups -OCH3 is 2. The number of Topliss-reactive ketones (excluding diaryl/α,β-unsaturated/α-hetero) is 1. The Kier molecular flexibility index (Phi) is 5.23. The lowest BCUT2D eigenvalue weighted by Gasteiger charge is -2.27. The van der Waals surface area contributed by atoms with Crippen molar-refractivity contribution in [2.24, 2.45) is 0 Å². The Balaban J connectivity index is 1.75. The highest BCUT2D eigenvalue weighted by atomic mass is 16.5. The SMILES string of the molecule is COc1ccc(O)c(Cc2c(OC)cc3c(c2O)C(=O)CC(c2ccccc2)O3)c1. The third kappa shape index (κ3) is 3.52.